The fourth-order valence-corrected chi connectivity index (χ4v) is 2.95. The fraction of sp³-hybridized carbons (Fsp3) is 0.438. The summed E-state index contributed by atoms with van der Waals surface area (Å²) in [4.78, 5) is 16.5. The zero-order chi connectivity index (χ0) is 13.2. The minimum absolute atomic E-state index is 0.258. The van der Waals surface area contributed by atoms with Crippen molar-refractivity contribution >= 4 is 11.5 Å². The van der Waals surface area contributed by atoms with Gasteiger partial charge in [-0.05, 0) is 44.1 Å². The first-order chi connectivity index (χ1) is 9.24. The molecule has 0 saturated carbocycles. The van der Waals surface area contributed by atoms with Crippen molar-refractivity contribution in [2.24, 2.45) is 0 Å². The Morgan fingerprint density at radius 1 is 1.11 bits per heavy atom. The number of hydrogen-bond acceptors (Lipinski definition) is 2. The van der Waals surface area contributed by atoms with Crippen LogP contribution in [0.4, 0.5) is 0 Å². The van der Waals surface area contributed by atoms with Crippen molar-refractivity contribution in [3.8, 4) is 0 Å². The molecule has 0 bridgehead atoms. The van der Waals surface area contributed by atoms with Crippen LogP contribution in [-0.2, 0) is 4.79 Å². The first kappa shape index (κ1) is 12.4. The average Bonchev–Trinajstić information content (AvgIpc) is 2.83. The van der Waals surface area contributed by atoms with Gasteiger partial charge in [0.25, 0.3) is 0 Å². The van der Waals surface area contributed by atoms with Gasteiger partial charge in [0.05, 0.1) is 6.42 Å². The number of likely N-dealkylation sites (tertiary alicyclic amines) is 1. The van der Waals surface area contributed by atoms with Crippen LogP contribution in [0.2, 0.25) is 0 Å². The van der Waals surface area contributed by atoms with Crippen molar-refractivity contribution in [1.82, 2.24) is 9.80 Å². The SMILES string of the molecule is CN1CCC(N2C=C(c3ccccc3)CC2=O)CC1. The minimum atomic E-state index is 0.258. The van der Waals surface area contributed by atoms with Crippen LogP contribution in [0.5, 0.6) is 0 Å². The molecule has 0 aromatic heterocycles. The predicted octanol–water partition coefficient (Wildman–Crippen LogP) is 2.35. The number of carbonyl (C=O) groups excluding carboxylic acids is 1. The van der Waals surface area contributed by atoms with Gasteiger partial charge in [0, 0.05) is 12.2 Å². The van der Waals surface area contributed by atoms with E-state index < -0.39 is 0 Å². The molecule has 1 aromatic carbocycles. The third-order valence-corrected chi connectivity index (χ3v) is 4.15. The molecule has 2 aliphatic rings. The van der Waals surface area contributed by atoms with Gasteiger partial charge in [-0.2, -0.15) is 0 Å². The van der Waals surface area contributed by atoms with Crippen LogP contribution in [0.25, 0.3) is 5.57 Å². The average molecular weight is 256 g/mol. The molecule has 0 unspecified atom stereocenters. The summed E-state index contributed by atoms with van der Waals surface area (Å²) < 4.78 is 0. The number of hydrogen-bond donors (Lipinski definition) is 0. The molecule has 100 valence electrons. The number of amides is 1. The maximum atomic E-state index is 12.2. The molecule has 2 aliphatic heterocycles. The lowest BCUT2D eigenvalue weighted by atomic mass is 10.0. The molecule has 1 saturated heterocycles. The van der Waals surface area contributed by atoms with Crippen LogP contribution < -0.4 is 0 Å². The Labute approximate surface area is 114 Å². The molecule has 0 radical (unpaired) electrons. The molecule has 0 spiro atoms. The largest absolute Gasteiger partial charge is 0.315 e. The zero-order valence-corrected chi connectivity index (χ0v) is 11.4. The van der Waals surface area contributed by atoms with Gasteiger partial charge in [-0.25, -0.2) is 0 Å². The Hall–Kier alpha value is -1.61. The normalized spacial score (nSPS) is 21.8. The van der Waals surface area contributed by atoms with E-state index in [1.165, 1.54) is 5.56 Å². The van der Waals surface area contributed by atoms with E-state index in [1.54, 1.807) is 0 Å². The number of rotatable bonds is 2. The number of carbonyl (C=O) groups is 1. The maximum Gasteiger partial charge on any atom is 0.231 e. The monoisotopic (exact) mass is 256 g/mol. The van der Waals surface area contributed by atoms with Crippen molar-refractivity contribution < 1.29 is 4.79 Å². The first-order valence-electron chi connectivity index (χ1n) is 7.00. The second kappa shape index (κ2) is 5.17. The van der Waals surface area contributed by atoms with Crippen molar-refractivity contribution in [1.29, 1.82) is 0 Å². The van der Waals surface area contributed by atoms with Crippen LogP contribution in [-0.4, -0.2) is 41.9 Å². The molecule has 19 heavy (non-hydrogen) atoms. The van der Waals surface area contributed by atoms with Gasteiger partial charge in [-0.1, -0.05) is 30.3 Å². The first-order valence-corrected chi connectivity index (χ1v) is 7.00. The molecule has 0 N–H and O–H groups in total. The summed E-state index contributed by atoms with van der Waals surface area (Å²) in [6.45, 7) is 2.17. The molecule has 1 fully saturated rings. The van der Waals surface area contributed by atoms with Gasteiger partial charge in [-0.15, -0.1) is 0 Å². The standard InChI is InChI=1S/C16H20N2O/c1-17-9-7-15(8-10-17)18-12-14(11-16(18)19)13-5-3-2-4-6-13/h2-6,12,15H,7-11H2,1H3. The fourth-order valence-electron chi connectivity index (χ4n) is 2.95. The molecular weight excluding hydrogens is 236 g/mol. The van der Waals surface area contributed by atoms with E-state index in [9.17, 15) is 4.79 Å². The number of piperidine rings is 1. The van der Waals surface area contributed by atoms with Crippen LogP contribution in [0.15, 0.2) is 36.5 Å². The smallest absolute Gasteiger partial charge is 0.231 e. The van der Waals surface area contributed by atoms with E-state index in [2.05, 4.69) is 30.3 Å². The van der Waals surface area contributed by atoms with E-state index >= 15 is 0 Å². The quantitative estimate of drug-likeness (QED) is 0.811. The van der Waals surface area contributed by atoms with E-state index in [0.29, 0.717) is 12.5 Å². The summed E-state index contributed by atoms with van der Waals surface area (Å²) in [6, 6.07) is 10.6. The summed E-state index contributed by atoms with van der Waals surface area (Å²) in [6.07, 6.45) is 4.80. The minimum Gasteiger partial charge on any atom is -0.315 e. The molecular formula is C16H20N2O. The maximum absolute atomic E-state index is 12.2. The van der Waals surface area contributed by atoms with Gasteiger partial charge < -0.3 is 9.80 Å². The van der Waals surface area contributed by atoms with Gasteiger partial charge in [0.2, 0.25) is 5.91 Å². The Bertz CT molecular complexity index is 487. The number of benzene rings is 1. The van der Waals surface area contributed by atoms with Crippen molar-refractivity contribution in [3.05, 3.63) is 42.1 Å². The lowest BCUT2D eigenvalue weighted by molar-refractivity contribution is -0.129. The highest BCUT2D eigenvalue weighted by Crippen LogP contribution is 2.29. The molecule has 1 aromatic rings. The Kier molecular flexibility index (Phi) is 3.38. The summed E-state index contributed by atoms with van der Waals surface area (Å²) in [5.41, 5.74) is 2.33. The van der Waals surface area contributed by atoms with E-state index in [4.69, 9.17) is 0 Å². The van der Waals surface area contributed by atoms with Crippen molar-refractivity contribution in [2.75, 3.05) is 20.1 Å². The molecule has 1 amide bonds. The van der Waals surface area contributed by atoms with Crippen molar-refractivity contribution in [2.45, 2.75) is 25.3 Å². The molecule has 2 heterocycles. The van der Waals surface area contributed by atoms with Gasteiger partial charge in [0.1, 0.15) is 0 Å². The second-order valence-electron chi connectivity index (χ2n) is 5.53. The third kappa shape index (κ3) is 2.56. The lowest BCUT2D eigenvalue weighted by Crippen LogP contribution is -2.42. The molecule has 0 aliphatic carbocycles. The van der Waals surface area contributed by atoms with Gasteiger partial charge in [0.15, 0.2) is 0 Å². The Morgan fingerprint density at radius 2 is 1.79 bits per heavy atom. The second-order valence-corrected chi connectivity index (χ2v) is 5.53. The molecule has 3 nitrogen and oxygen atoms in total. The summed E-state index contributed by atoms with van der Waals surface area (Å²) in [5, 5.41) is 0. The summed E-state index contributed by atoms with van der Waals surface area (Å²) >= 11 is 0. The predicted molar refractivity (Wildman–Crippen MR) is 76.4 cm³/mol. The third-order valence-electron chi connectivity index (χ3n) is 4.15. The molecule has 3 rings (SSSR count). The van der Waals surface area contributed by atoms with Crippen LogP contribution in [0.1, 0.15) is 24.8 Å². The lowest BCUT2D eigenvalue weighted by Gasteiger charge is -2.33. The molecule has 3 heteroatoms. The Balaban J connectivity index is 1.76. The summed E-state index contributed by atoms with van der Waals surface area (Å²) in [7, 11) is 2.15. The highest BCUT2D eigenvalue weighted by molar-refractivity contribution is 5.94. The number of nitrogens with zero attached hydrogens (tertiary/aromatic N) is 2. The highest BCUT2D eigenvalue weighted by atomic mass is 16.2. The van der Waals surface area contributed by atoms with E-state index in [0.717, 1.165) is 31.5 Å². The van der Waals surface area contributed by atoms with E-state index in [1.807, 2.05) is 23.1 Å². The highest BCUT2D eigenvalue weighted by Gasteiger charge is 2.30. The van der Waals surface area contributed by atoms with Gasteiger partial charge >= 0.3 is 0 Å². The van der Waals surface area contributed by atoms with Crippen LogP contribution in [0, 0.1) is 0 Å². The van der Waals surface area contributed by atoms with Crippen LogP contribution in [0.3, 0.4) is 0 Å². The Morgan fingerprint density at radius 3 is 2.47 bits per heavy atom. The topological polar surface area (TPSA) is 23.6 Å². The van der Waals surface area contributed by atoms with Gasteiger partial charge in [-0.3, -0.25) is 4.79 Å². The van der Waals surface area contributed by atoms with Crippen molar-refractivity contribution in [3.63, 3.8) is 0 Å². The molecule has 0 atom stereocenters. The zero-order valence-electron chi connectivity index (χ0n) is 11.4. The summed E-state index contributed by atoms with van der Waals surface area (Å²) in [5.74, 6) is 0.258. The van der Waals surface area contributed by atoms with E-state index in [-0.39, 0.29) is 5.91 Å². The van der Waals surface area contributed by atoms with Crippen LogP contribution >= 0.6 is 0 Å².